The van der Waals surface area contributed by atoms with Crippen LogP contribution in [0.2, 0.25) is 0 Å². The molecule has 0 atom stereocenters. The van der Waals surface area contributed by atoms with E-state index in [1.165, 1.54) is 24.6 Å². The molecule has 3 N–H and O–H groups in total. The van der Waals surface area contributed by atoms with Crippen LogP contribution < -0.4 is 5.73 Å². The minimum atomic E-state index is -3.25. The number of hydrogen-bond acceptors (Lipinski definition) is 7. The molecule has 0 aliphatic carbocycles. The molecule has 0 aliphatic rings. The van der Waals surface area contributed by atoms with Crippen molar-refractivity contribution in [2.24, 2.45) is 0 Å². The summed E-state index contributed by atoms with van der Waals surface area (Å²) in [7, 11) is -3.25. The van der Waals surface area contributed by atoms with E-state index in [0.717, 1.165) is 11.1 Å². The van der Waals surface area contributed by atoms with Crippen LogP contribution in [0.5, 0.6) is 0 Å². The molecule has 0 bridgehead atoms. The maximum absolute atomic E-state index is 11.6. The SMILES string of the molecule is CS(=O)(=O)c1ccc(-c2cnc(N)c(-c3nc4ncccc4[nH]3)n2)cc1.[HH]. The van der Waals surface area contributed by atoms with Crippen LogP contribution in [0.15, 0.2) is 53.7 Å². The van der Waals surface area contributed by atoms with E-state index < -0.39 is 9.84 Å². The van der Waals surface area contributed by atoms with Crippen molar-refractivity contribution in [1.82, 2.24) is 24.9 Å². The van der Waals surface area contributed by atoms with Crippen molar-refractivity contribution in [3.63, 3.8) is 0 Å². The Balaban J connectivity index is 0.00000210. The van der Waals surface area contributed by atoms with Crippen molar-refractivity contribution in [2.45, 2.75) is 4.90 Å². The van der Waals surface area contributed by atoms with E-state index in [-0.39, 0.29) is 12.1 Å². The van der Waals surface area contributed by atoms with Crippen molar-refractivity contribution < 1.29 is 9.84 Å². The van der Waals surface area contributed by atoms with Gasteiger partial charge < -0.3 is 10.7 Å². The summed E-state index contributed by atoms with van der Waals surface area (Å²) >= 11 is 0. The van der Waals surface area contributed by atoms with Gasteiger partial charge in [0.25, 0.3) is 0 Å². The number of imidazole rings is 1. The Bertz CT molecular complexity index is 1190. The molecule has 3 heterocycles. The lowest BCUT2D eigenvalue weighted by Gasteiger charge is -2.06. The van der Waals surface area contributed by atoms with Gasteiger partial charge >= 0.3 is 0 Å². The molecule has 0 spiro atoms. The first kappa shape index (κ1) is 16.2. The van der Waals surface area contributed by atoms with Gasteiger partial charge in [0, 0.05) is 19.4 Å². The maximum Gasteiger partial charge on any atom is 0.178 e. The van der Waals surface area contributed by atoms with E-state index in [1.54, 1.807) is 24.4 Å². The Hall–Kier alpha value is -3.33. The average molecular weight is 368 g/mol. The van der Waals surface area contributed by atoms with E-state index in [2.05, 4.69) is 24.9 Å². The Kier molecular flexibility index (Phi) is 3.66. The fraction of sp³-hybridized carbons (Fsp3) is 0.0588. The molecule has 0 saturated carbocycles. The number of rotatable bonds is 3. The van der Waals surface area contributed by atoms with Crippen LogP contribution in [0.4, 0.5) is 5.82 Å². The van der Waals surface area contributed by atoms with Crippen LogP contribution in [0.1, 0.15) is 1.43 Å². The second-order valence-corrected chi connectivity index (χ2v) is 7.76. The molecule has 4 rings (SSSR count). The molecule has 0 aliphatic heterocycles. The number of pyridine rings is 1. The van der Waals surface area contributed by atoms with Crippen molar-refractivity contribution >= 4 is 26.8 Å². The molecule has 0 amide bonds. The zero-order chi connectivity index (χ0) is 18.3. The quantitative estimate of drug-likeness (QED) is 0.568. The van der Waals surface area contributed by atoms with E-state index in [0.29, 0.717) is 22.9 Å². The lowest BCUT2D eigenvalue weighted by molar-refractivity contribution is 0.602. The van der Waals surface area contributed by atoms with E-state index in [9.17, 15) is 8.42 Å². The Morgan fingerprint density at radius 3 is 2.54 bits per heavy atom. The zero-order valence-corrected chi connectivity index (χ0v) is 14.5. The zero-order valence-electron chi connectivity index (χ0n) is 13.7. The summed E-state index contributed by atoms with van der Waals surface area (Å²) in [5.41, 5.74) is 8.99. The van der Waals surface area contributed by atoms with Gasteiger partial charge in [0.05, 0.1) is 22.3 Å². The standard InChI is InChI=1S/C17H14N6O2S.H2/c1-26(24,25)11-6-4-10(5-7-11)13-9-20-15(18)14(21-13)17-22-12-3-2-8-19-16(12)23-17;/h2-9H,1H3,(H2,18,20)(H,19,22,23);1H. The number of nitrogens with zero attached hydrogens (tertiary/aromatic N) is 4. The summed E-state index contributed by atoms with van der Waals surface area (Å²) in [6.07, 6.45) is 4.36. The highest BCUT2D eigenvalue weighted by molar-refractivity contribution is 7.90. The van der Waals surface area contributed by atoms with Crippen LogP contribution in [0.25, 0.3) is 33.9 Å². The molecule has 1 aromatic carbocycles. The molecular formula is C17H16N6O2S. The van der Waals surface area contributed by atoms with E-state index >= 15 is 0 Å². The highest BCUT2D eigenvalue weighted by atomic mass is 32.2. The minimum absolute atomic E-state index is 0. The summed E-state index contributed by atoms with van der Waals surface area (Å²) in [4.78, 5) is 20.7. The lowest BCUT2D eigenvalue weighted by atomic mass is 10.1. The fourth-order valence-corrected chi connectivity index (χ4v) is 3.17. The number of aromatic amines is 1. The highest BCUT2D eigenvalue weighted by Gasteiger charge is 2.14. The monoisotopic (exact) mass is 368 g/mol. The molecule has 26 heavy (non-hydrogen) atoms. The Morgan fingerprint density at radius 2 is 1.85 bits per heavy atom. The van der Waals surface area contributed by atoms with Gasteiger partial charge in [-0.15, -0.1) is 0 Å². The molecular weight excluding hydrogens is 352 g/mol. The molecule has 8 nitrogen and oxygen atoms in total. The molecule has 0 radical (unpaired) electrons. The first-order chi connectivity index (χ1) is 12.4. The van der Waals surface area contributed by atoms with Gasteiger partial charge in [0.1, 0.15) is 5.69 Å². The smallest absolute Gasteiger partial charge is 0.178 e. The predicted octanol–water partition coefficient (Wildman–Crippen LogP) is 2.31. The molecule has 0 saturated heterocycles. The first-order valence-electron chi connectivity index (χ1n) is 7.66. The predicted molar refractivity (Wildman–Crippen MR) is 100.0 cm³/mol. The second kappa shape index (κ2) is 5.88. The largest absolute Gasteiger partial charge is 0.382 e. The number of sulfone groups is 1. The fourth-order valence-electron chi connectivity index (χ4n) is 2.54. The number of nitrogens with two attached hydrogens (primary N) is 1. The maximum atomic E-state index is 11.6. The topological polar surface area (TPSA) is 128 Å². The summed E-state index contributed by atoms with van der Waals surface area (Å²) in [6.45, 7) is 0. The third-order valence-corrected chi connectivity index (χ3v) is 4.99. The highest BCUT2D eigenvalue weighted by Crippen LogP contribution is 2.26. The summed E-state index contributed by atoms with van der Waals surface area (Å²) in [5.74, 6) is 0.707. The van der Waals surface area contributed by atoms with Crippen LogP contribution in [-0.2, 0) is 9.84 Å². The average Bonchev–Trinajstić information content (AvgIpc) is 3.05. The van der Waals surface area contributed by atoms with Crippen molar-refractivity contribution in [1.29, 1.82) is 0 Å². The second-order valence-electron chi connectivity index (χ2n) is 5.75. The van der Waals surface area contributed by atoms with Crippen LogP contribution in [-0.4, -0.2) is 39.6 Å². The summed E-state index contributed by atoms with van der Waals surface area (Å²) in [6, 6.07) is 10.1. The van der Waals surface area contributed by atoms with Crippen LogP contribution >= 0.6 is 0 Å². The van der Waals surface area contributed by atoms with Gasteiger partial charge in [-0.1, -0.05) is 12.1 Å². The normalized spacial score (nSPS) is 11.7. The lowest BCUT2D eigenvalue weighted by Crippen LogP contribution is -2.00. The third kappa shape index (κ3) is 2.88. The van der Waals surface area contributed by atoms with Crippen molar-refractivity contribution in [3.8, 4) is 22.8 Å². The number of benzene rings is 1. The van der Waals surface area contributed by atoms with Gasteiger partial charge in [-0.25, -0.2) is 28.4 Å². The Labute approximate surface area is 150 Å². The number of nitrogen functional groups attached to an aromatic ring is 1. The van der Waals surface area contributed by atoms with Gasteiger partial charge in [0.2, 0.25) is 0 Å². The molecule has 3 aromatic heterocycles. The van der Waals surface area contributed by atoms with Crippen LogP contribution in [0.3, 0.4) is 0 Å². The summed E-state index contributed by atoms with van der Waals surface area (Å²) < 4.78 is 23.2. The van der Waals surface area contributed by atoms with Gasteiger partial charge in [0.15, 0.2) is 27.1 Å². The van der Waals surface area contributed by atoms with Crippen molar-refractivity contribution in [2.75, 3.05) is 12.0 Å². The number of aromatic nitrogens is 5. The van der Waals surface area contributed by atoms with Crippen molar-refractivity contribution in [3.05, 3.63) is 48.8 Å². The van der Waals surface area contributed by atoms with Gasteiger partial charge in [-0.05, 0) is 24.3 Å². The number of hydrogen-bond donors (Lipinski definition) is 2. The van der Waals surface area contributed by atoms with Gasteiger partial charge in [-0.3, -0.25) is 0 Å². The number of fused-ring (bicyclic) bond motifs is 1. The Morgan fingerprint density at radius 1 is 1.08 bits per heavy atom. The molecule has 0 unspecified atom stereocenters. The number of anilines is 1. The molecule has 4 aromatic rings. The number of H-pyrrole nitrogens is 1. The third-order valence-electron chi connectivity index (χ3n) is 3.86. The first-order valence-corrected chi connectivity index (χ1v) is 9.55. The molecule has 0 fully saturated rings. The number of nitrogens with one attached hydrogen (secondary N) is 1. The minimum Gasteiger partial charge on any atom is -0.382 e. The summed E-state index contributed by atoms with van der Waals surface area (Å²) in [5, 5.41) is 0. The molecule has 132 valence electrons. The molecule has 9 heteroatoms. The van der Waals surface area contributed by atoms with E-state index in [4.69, 9.17) is 5.73 Å². The van der Waals surface area contributed by atoms with E-state index in [1.807, 2.05) is 6.07 Å². The van der Waals surface area contributed by atoms with Gasteiger partial charge in [-0.2, -0.15) is 0 Å². The van der Waals surface area contributed by atoms with Crippen LogP contribution in [0, 0.1) is 0 Å².